The molecule has 164 valence electrons. The minimum Gasteiger partial charge on any atom is -0.272 e. The first-order valence-electron chi connectivity index (χ1n) is 10.8. The smallest absolute Gasteiger partial charge is 0.267 e. The van der Waals surface area contributed by atoms with Gasteiger partial charge in [-0.05, 0) is 35.7 Å². The molecular weight excluding hydrogens is 430 g/mol. The summed E-state index contributed by atoms with van der Waals surface area (Å²) in [4.78, 5) is 14.2. The zero-order chi connectivity index (χ0) is 23.1. The third-order valence-corrected chi connectivity index (χ3v) is 8.10. The molecule has 4 aromatic rings. The van der Waals surface area contributed by atoms with E-state index in [0.29, 0.717) is 0 Å². The molecule has 1 amide bonds. The zero-order valence-corrected chi connectivity index (χ0v) is 18.9. The van der Waals surface area contributed by atoms with Crippen molar-refractivity contribution in [2.75, 3.05) is 0 Å². The lowest BCUT2D eigenvalue weighted by atomic mass is 9.61. The van der Waals surface area contributed by atoms with Gasteiger partial charge in [0.1, 0.15) is 5.41 Å². The maximum absolute atomic E-state index is 14.1. The number of rotatable bonds is 5. The Balaban J connectivity index is 1.77. The van der Waals surface area contributed by atoms with Crippen molar-refractivity contribution in [2.45, 2.75) is 23.3 Å². The molecule has 0 aromatic heterocycles. The van der Waals surface area contributed by atoms with Crippen LogP contribution in [-0.4, -0.2) is 18.6 Å². The lowest BCUT2D eigenvalue weighted by Crippen LogP contribution is -2.68. The van der Waals surface area contributed by atoms with Crippen LogP contribution < -0.4 is 0 Å². The molecular formula is C28H23NO3S. The monoisotopic (exact) mass is 453 g/mol. The Morgan fingerprint density at radius 3 is 1.61 bits per heavy atom. The second-order valence-corrected chi connectivity index (χ2v) is 10.1. The van der Waals surface area contributed by atoms with Gasteiger partial charge in [0.25, 0.3) is 15.9 Å². The average molecular weight is 454 g/mol. The standard InChI is InChI=1S/C28H23NO3S/c1-21-17-19-25(20-18-21)33(31,32)29-26(22-11-5-2-6-12-22)28(27(29)30,23-13-7-3-8-14-23)24-15-9-4-10-16-24/h2-20,26H,1H3/t26-/m1/s1. The summed E-state index contributed by atoms with van der Waals surface area (Å²) in [7, 11) is -4.07. The van der Waals surface area contributed by atoms with Crippen LogP contribution in [0.3, 0.4) is 0 Å². The van der Waals surface area contributed by atoms with Crippen LogP contribution in [0.25, 0.3) is 0 Å². The Hall–Kier alpha value is -3.70. The predicted octanol–water partition coefficient (Wildman–Crippen LogP) is 5.25. The fraction of sp³-hybridized carbons (Fsp3) is 0.107. The molecule has 0 radical (unpaired) electrons. The number of carbonyl (C=O) groups excluding carboxylic acids is 1. The van der Waals surface area contributed by atoms with Crippen LogP contribution in [-0.2, 0) is 20.2 Å². The van der Waals surface area contributed by atoms with Crippen LogP contribution in [0.15, 0.2) is 120 Å². The summed E-state index contributed by atoms with van der Waals surface area (Å²) in [6.45, 7) is 1.90. The molecule has 0 aliphatic carbocycles. The first-order chi connectivity index (χ1) is 16.0. The van der Waals surface area contributed by atoms with E-state index in [1.54, 1.807) is 24.3 Å². The van der Waals surface area contributed by atoms with Crippen molar-refractivity contribution in [3.05, 3.63) is 138 Å². The van der Waals surface area contributed by atoms with Crippen LogP contribution in [0.2, 0.25) is 0 Å². The maximum Gasteiger partial charge on any atom is 0.267 e. The molecule has 5 rings (SSSR count). The van der Waals surface area contributed by atoms with Gasteiger partial charge in [-0.1, -0.05) is 109 Å². The molecule has 1 fully saturated rings. The van der Waals surface area contributed by atoms with Crippen molar-refractivity contribution in [3.63, 3.8) is 0 Å². The number of hydrogen-bond acceptors (Lipinski definition) is 3. The number of aryl methyl sites for hydroxylation is 1. The van der Waals surface area contributed by atoms with Crippen molar-refractivity contribution in [3.8, 4) is 0 Å². The van der Waals surface area contributed by atoms with Gasteiger partial charge in [-0.15, -0.1) is 0 Å². The summed E-state index contributed by atoms with van der Waals surface area (Å²) < 4.78 is 28.6. The fourth-order valence-electron chi connectivity index (χ4n) is 4.74. The van der Waals surface area contributed by atoms with Gasteiger partial charge in [0, 0.05) is 0 Å². The molecule has 1 heterocycles. The molecule has 0 spiro atoms. The first kappa shape index (κ1) is 21.2. The number of carbonyl (C=O) groups is 1. The van der Waals surface area contributed by atoms with Gasteiger partial charge in [0.15, 0.2) is 0 Å². The highest BCUT2D eigenvalue weighted by Crippen LogP contribution is 2.57. The molecule has 4 aromatic carbocycles. The Labute approximate surface area is 194 Å². The SMILES string of the molecule is Cc1ccc(S(=O)(=O)N2C(=O)C(c3ccccc3)(c3ccccc3)[C@H]2c2ccccc2)cc1. The molecule has 33 heavy (non-hydrogen) atoms. The summed E-state index contributed by atoms with van der Waals surface area (Å²) in [5.74, 6) is -0.450. The van der Waals surface area contributed by atoms with E-state index in [9.17, 15) is 13.2 Å². The molecule has 0 bridgehead atoms. The van der Waals surface area contributed by atoms with E-state index in [2.05, 4.69) is 0 Å². The third kappa shape index (κ3) is 3.19. The lowest BCUT2D eigenvalue weighted by Gasteiger charge is -2.55. The van der Waals surface area contributed by atoms with Gasteiger partial charge in [0.05, 0.1) is 10.9 Å². The number of sulfonamides is 1. The van der Waals surface area contributed by atoms with Crippen molar-refractivity contribution in [2.24, 2.45) is 0 Å². The quantitative estimate of drug-likeness (QED) is 0.388. The van der Waals surface area contributed by atoms with Crippen LogP contribution >= 0.6 is 0 Å². The van der Waals surface area contributed by atoms with Crippen molar-refractivity contribution >= 4 is 15.9 Å². The molecule has 0 saturated carbocycles. The second-order valence-electron chi connectivity index (χ2n) is 8.27. The molecule has 4 nitrogen and oxygen atoms in total. The van der Waals surface area contributed by atoms with Crippen LogP contribution in [0, 0.1) is 6.92 Å². The summed E-state index contributed by atoms with van der Waals surface area (Å²) >= 11 is 0. The highest BCUT2D eigenvalue weighted by atomic mass is 32.2. The van der Waals surface area contributed by atoms with Gasteiger partial charge in [-0.3, -0.25) is 4.79 Å². The summed E-state index contributed by atoms with van der Waals surface area (Å²) in [6, 6.07) is 34.2. The minimum atomic E-state index is -4.07. The highest BCUT2D eigenvalue weighted by Gasteiger charge is 2.66. The van der Waals surface area contributed by atoms with E-state index in [0.717, 1.165) is 26.6 Å². The van der Waals surface area contributed by atoms with Gasteiger partial charge < -0.3 is 0 Å². The summed E-state index contributed by atoms with van der Waals surface area (Å²) in [6.07, 6.45) is 0. The molecule has 1 aliphatic rings. The van der Waals surface area contributed by atoms with E-state index in [-0.39, 0.29) is 4.90 Å². The average Bonchev–Trinajstić information content (AvgIpc) is 2.85. The summed E-state index contributed by atoms with van der Waals surface area (Å²) in [5, 5.41) is 0. The fourth-order valence-corrected chi connectivity index (χ4v) is 6.37. The largest absolute Gasteiger partial charge is 0.272 e. The highest BCUT2D eigenvalue weighted by molar-refractivity contribution is 7.89. The number of β-lactam (4-membered cyclic amide) rings is 1. The molecule has 1 saturated heterocycles. The molecule has 1 atom stereocenters. The number of hydrogen-bond donors (Lipinski definition) is 0. The van der Waals surface area contributed by atoms with E-state index in [1.165, 1.54) is 0 Å². The number of benzene rings is 4. The third-order valence-electron chi connectivity index (χ3n) is 6.33. The molecule has 5 heteroatoms. The van der Waals surface area contributed by atoms with Gasteiger partial charge >= 0.3 is 0 Å². The molecule has 1 aliphatic heterocycles. The first-order valence-corrected chi connectivity index (χ1v) is 12.2. The molecule has 0 unspecified atom stereocenters. The Morgan fingerprint density at radius 2 is 1.12 bits per heavy atom. The molecule has 0 N–H and O–H groups in total. The topological polar surface area (TPSA) is 54.5 Å². The van der Waals surface area contributed by atoms with Crippen LogP contribution in [0.1, 0.15) is 28.3 Å². The van der Waals surface area contributed by atoms with Crippen molar-refractivity contribution in [1.82, 2.24) is 4.31 Å². The van der Waals surface area contributed by atoms with Crippen LogP contribution in [0.4, 0.5) is 0 Å². The normalized spacial score (nSPS) is 17.4. The lowest BCUT2D eigenvalue weighted by molar-refractivity contribution is -0.147. The summed E-state index contributed by atoms with van der Waals surface area (Å²) in [5.41, 5.74) is 2.10. The zero-order valence-electron chi connectivity index (χ0n) is 18.1. The van der Waals surface area contributed by atoms with E-state index in [4.69, 9.17) is 0 Å². The van der Waals surface area contributed by atoms with Gasteiger partial charge in [-0.2, -0.15) is 0 Å². The van der Waals surface area contributed by atoms with Crippen molar-refractivity contribution < 1.29 is 13.2 Å². The predicted molar refractivity (Wildman–Crippen MR) is 128 cm³/mol. The maximum atomic E-state index is 14.1. The Kier molecular flexibility index (Phi) is 5.14. The van der Waals surface area contributed by atoms with Crippen molar-refractivity contribution in [1.29, 1.82) is 0 Å². The van der Waals surface area contributed by atoms with Crippen LogP contribution in [0.5, 0.6) is 0 Å². The van der Waals surface area contributed by atoms with E-state index >= 15 is 0 Å². The number of nitrogens with zero attached hydrogens (tertiary/aromatic N) is 1. The minimum absolute atomic E-state index is 0.108. The van der Waals surface area contributed by atoms with Gasteiger partial charge in [-0.25, -0.2) is 12.7 Å². The van der Waals surface area contributed by atoms with E-state index < -0.39 is 27.4 Å². The second kappa shape index (κ2) is 8.01. The van der Waals surface area contributed by atoms with Gasteiger partial charge in [0.2, 0.25) is 0 Å². The Bertz CT molecular complexity index is 1340. The number of amides is 1. The Morgan fingerprint density at radius 1 is 0.667 bits per heavy atom. The van der Waals surface area contributed by atoms with E-state index in [1.807, 2.05) is 97.9 Å².